The van der Waals surface area contributed by atoms with Crippen LogP contribution in [0.2, 0.25) is 0 Å². The highest BCUT2D eigenvalue weighted by molar-refractivity contribution is 8.18. The summed E-state index contributed by atoms with van der Waals surface area (Å²) in [4.78, 5) is 30.5. The van der Waals surface area contributed by atoms with Crippen LogP contribution < -0.4 is 9.47 Å². The van der Waals surface area contributed by atoms with E-state index in [1.54, 1.807) is 25.3 Å². The molecule has 1 amide bonds. The molecule has 1 aliphatic rings. The molecule has 0 unspecified atom stereocenters. The predicted molar refractivity (Wildman–Crippen MR) is 142 cm³/mol. The number of carbonyl (C=O) groups is 2. The molecule has 7 nitrogen and oxygen atoms in total. The summed E-state index contributed by atoms with van der Waals surface area (Å²) in [5.41, 5.74) is 3.65. The molecule has 0 aromatic heterocycles. The number of benzene rings is 3. The number of thioether (sulfide) groups is 1. The van der Waals surface area contributed by atoms with Crippen LogP contribution >= 0.6 is 11.8 Å². The molecule has 184 valence electrons. The fourth-order valence-corrected chi connectivity index (χ4v) is 4.46. The van der Waals surface area contributed by atoms with Crippen molar-refractivity contribution in [2.45, 2.75) is 20.5 Å². The highest BCUT2D eigenvalue weighted by Gasteiger charge is 2.30. The number of carboxylic acid groups (broad SMARTS) is 1. The maximum Gasteiger partial charge on any atom is 0.335 e. The summed E-state index contributed by atoms with van der Waals surface area (Å²) in [5.74, 6) is 0.00753. The minimum Gasteiger partial charge on any atom is -0.490 e. The van der Waals surface area contributed by atoms with E-state index >= 15 is 0 Å². The van der Waals surface area contributed by atoms with Crippen LogP contribution in [0, 0.1) is 6.92 Å². The Bertz CT molecular complexity index is 1350. The molecule has 0 radical (unpaired) electrons. The minimum absolute atomic E-state index is 0.137. The van der Waals surface area contributed by atoms with E-state index in [1.807, 2.05) is 56.3 Å². The van der Waals surface area contributed by atoms with Gasteiger partial charge in [-0.25, -0.2) is 9.79 Å². The Morgan fingerprint density at radius 3 is 2.56 bits per heavy atom. The van der Waals surface area contributed by atoms with Crippen LogP contribution in [0.4, 0.5) is 5.69 Å². The lowest BCUT2D eigenvalue weighted by molar-refractivity contribution is -0.121. The number of aryl methyl sites for hydroxylation is 1. The number of hydrogen-bond donors (Lipinski definition) is 1. The van der Waals surface area contributed by atoms with Crippen LogP contribution in [-0.2, 0) is 11.4 Å². The summed E-state index contributed by atoms with van der Waals surface area (Å²) in [7, 11) is 1.64. The molecule has 0 spiro atoms. The number of ether oxygens (including phenoxy) is 2. The van der Waals surface area contributed by atoms with E-state index in [0.29, 0.717) is 40.5 Å². The third kappa shape index (κ3) is 5.95. The molecule has 1 heterocycles. The second-order valence-electron chi connectivity index (χ2n) is 8.14. The summed E-state index contributed by atoms with van der Waals surface area (Å²) in [6, 6.07) is 20.0. The van der Waals surface area contributed by atoms with Gasteiger partial charge in [-0.05, 0) is 73.1 Å². The van der Waals surface area contributed by atoms with Gasteiger partial charge < -0.3 is 14.6 Å². The minimum atomic E-state index is -1.03. The predicted octanol–water partition coefficient (Wildman–Crippen LogP) is 5.90. The Labute approximate surface area is 214 Å². The molecule has 0 atom stereocenters. The van der Waals surface area contributed by atoms with Gasteiger partial charge in [-0.2, -0.15) is 0 Å². The van der Waals surface area contributed by atoms with E-state index in [4.69, 9.17) is 9.47 Å². The van der Waals surface area contributed by atoms with E-state index in [1.165, 1.54) is 34.4 Å². The van der Waals surface area contributed by atoms with Crippen molar-refractivity contribution in [2.75, 3.05) is 13.7 Å². The van der Waals surface area contributed by atoms with Crippen molar-refractivity contribution < 1.29 is 24.2 Å². The molecule has 1 aliphatic heterocycles. The zero-order valence-corrected chi connectivity index (χ0v) is 21.0. The number of aromatic carboxylic acids is 1. The van der Waals surface area contributed by atoms with Gasteiger partial charge >= 0.3 is 5.97 Å². The van der Waals surface area contributed by atoms with Crippen LogP contribution in [0.5, 0.6) is 11.5 Å². The molecule has 36 heavy (non-hydrogen) atoms. The normalized spacial score (nSPS) is 15.5. The highest BCUT2D eigenvalue weighted by atomic mass is 32.2. The monoisotopic (exact) mass is 502 g/mol. The lowest BCUT2D eigenvalue weighted by Crippen LogP contribution is -2.23. The van der Waals surface area contributed by atoms with Crippen molar-refractivity contribution in [3.05, 3.63) is 93.9 Å². The molecule has 0 saturated carbocycles. The largest absolute Gasteiger partial charge is 0.490 e. The topological polar surface area (TPSA) is 88.4 Å². The van der Waals surface area contributed by atoms with Gasteiger partial charge in [0.2, 0.25) is 0 Å². The number of likely N-dealkylation sites (N-methyl/N-ethyl adjacent to an activating group) is 1. The number of amides is 1. The van der Waals surface area contributed by atoms with Gasteiger partial charge in [-0.15, -0.1) is 0 Å². The Morgan fingerprint density at radius 2 is 1.83 bits per heavy atom. The van der Waals surface area contributed by atoms with Crippen LogP contribution in [0.3, 0.4) is 0 Å². The zero-order chi connectivity index (χ0) is 25.7. The average Bonchev–Trinajstić information content (AvgIpc) is 3.12. The molecule has 1 saturated heterocycles. The third-order valence-electron chi connectivity index (χ3n) is 5.40. The van der Waals surface area contributed by atoms with E-state index in [2.05, 4.69) is 4.99 Å². The summed E-state index contributed by atoms with van der Waals surface area (Å²) in [6.07, 6.45) is 1.78. The molecule has 8 heteroatoms. The van der Waals surface area contributed by atoms with Crippen LogP contribution in [0.15, 0.2) is 76.6 Å². The highest BCUT2D eigenvalue weighted by Crippen LogP contribution is 2.35. The number of aliphatic imine (C=N–C) groups is 1. The number of hydrogen-bond acceptors (Lipinski definition) is 6. The molecule has 0 aliphatic carbocycles. The number of nitrogens with zero attached hydrogens (tertiary/aromatic N) is 2. The quantitative estimate of drug-likeness (QED) is 0.386. The fraction of sp³-hybridized carbons (Fsp3) is 0.179. The van der Waals surface area contributed by atoms with Gasteiger partial charge in [0.25, 0.3) is 5.91 Å². The summed E-state index contributed by atoms with van der Waals surface area (Å²) in [6.45, 7) is 4.84. The maximum atomic E-state index is 12.9. The van der Waals surface area contributed by atoms with Gasteiger partial charge in [0.15, 0.2) is 16.7 Å². The van der Waals surface area contributed by atoms with Crippen LogP contribution in [0.25, 0.3) is 6.08 Å². The Kier molecular flexibility index (Phi) is 7.75. The standard InChI is InChI=1S/C28H26N2O5S/c1-4-34-24-14-20(12-13-23(24)35-17-19-10-8-18(2)9-11-19)15-25-26(31)30(3)28(36-25)29-22-7-5-6-21(16-22)27(32)33/h5-16H,4,17H2,1-3H3,(H,32,33)/b25-15+,29-28?. The van der Waals surface area contributed by atoms with Crippen molar-refractivity contribution in [3.8, 4) is 11.5 Å². The second-order valence-corrected chi connectivity index (χ2v) is 9.15. The molecular weight excluding hydrogens is 476 g/mol. The zero-order valence-electron chi connectivity index (χ0n) is 20.2. The first-order valence-corrected chi connectivity index (χ1v) is 12.2. The number of carbonyl (C=O) groups excluding carboxylic acids is 1. The molecule has 1 N–H and O–H groups in total. The van der Waals surface area contributed by atoms with E-state index in [0.717, 1.165) is 11.1 Å². The number of carboxylic acids is 1. The molecule has 4 rings (SSSR count). The van der Waals surface area contributed by atoms with Crippen molar-refractivity contribution in [1.29, 1.82) is 0 Å². The third-order valence-corrected chi connectivity index (χ3v) is 6.46. The first-order valence-electron chi connectivity index (χ1n) is 11.4. The fourth-order valence-electron chi connectivity index (χ4n) is 3.47. The molecule has 3 aromatic carbocycles. The van der Waals surface area contributed by atoms with E-state index < -0.39 is 5.97 Å². The number of amidine groups is 1. The van der Waals surface area contributed by atoms with Crippen molar-refractivity contribution in [3.63, 3.8) is 0 Å². The molecule has 1 fully saturated rings. The van der Waals surface area contributed by atoms with Crippen molar-refractivity contribution >= 4 is 40.6 Å². The first-order chi connectivity index (χ1) is 17.3. The Hall–Kier alpha value is -4.04. The summed E-state index contributed by atoms with van der Waals surface area (Å²) in [5, 5.41) is 9.67. The van der Waals surface area contributed by atoms with Gasteiger partial charge in [0, 0.05) is 7.05 Å². The van der Waals surface area contributed by atoms with Gasteiger partial charge in [-0.1, -0.05) is 42.0 Å². The SMILES string of the molecule is CCOc1cc(/C=C2/SC(=Nc3cccc(C(=O)O)c3)N(C)C2=O)ccc1OCc1ccc(C)cc1. The lowest BCUT2D eigenvalue weighted by atomic mass is 10.1. The average molecular weight is 503 g/mol. The van der Waals surface area contributed by atoms with Gasteiger partial charge in [-0.3, -0.25) is 9.69 Å². The van der Waals surface area contributed by atoms with Crippen molar-refractivity contribution in [1.82, 2.24) is 4.90 Å². The van der Waals surface area contributed by atoms with Crippen molar-refractivity contribution in [2.24, 2.45) is 4.99 Å². The number of rotatable bonds is 8. The smallest absolute Gasteiger partial charge is 0.335 e. The first kappa shape index (κ1) is 25.1. The second kappa shape index (κ2) is 11.1. The van der Waals surface area contributed by atoms with Crippen LogP contribution in [-0.4, -0.2) is 40.7 Å². The Balaban J connectivity index is 1.54. The van der Waals surface area contributed by atoms with Gasteiger partial charge in [0.1, 0.15) is 6.61 Å². The van der Waals surface area contributed by atoms with Gasteiger partial charge in [0.05, 0.1) is 22.8 Å². The maximum absolute atomic E-state index is 12.9. The lowest BCUT2D eigenvalue weighted by Gasteiger charge is -2.13. The molecule has 3 aromatic rings. The summed E-state index contributed by atoms with van der Waals surface area (Å²) >= 11 is 1.23. The van der Waals surface area contributed by atoms with E-state index in [-0.39, 0.29) is 11.5 Å². The van der Waals surface area contributed by atoms with Crippen LogP contribution in [0.1, 0.15) is 34.0 Å². The molecule has 0 bridgehead atoms. The molecular formula is C28H26N2O5S. The van der Waals surface area contributed by atoms with E-state index in [9.17, 15) is 14.7 Å². The Morgan fingerprint density at radius 1 is 1.06 bits per heavy atom. The summed E-state index contributed by atoms with van der Waals surface area (Å²) < 4.78 is 11.8.